The zero-order valence-electron chi connectivity index (χ0n) is 11.4. The molecule has 0 saturated heterocycles. The van der Waals surface area contributed by atoms with Crippen molar-refractivity contribution >= 4 is 15.9 Å². The van der Waals surface area contributed by atoms with E-state index in [0.717, 1.165) is 23.8 Å². The van der Waals surface area contributed by atoms with Crippen molar-refractivity contribution < 1.29 is 22.0 Å². The standard InChI is InChI=1S/C14H12F2N2O3S/c1-9-5-7-10(8-6-9)14(19)17-18-22(20,21)13-11(15)3-2-4-12(13)16/h2-8,18H,1H3,(H,17,19). The number of hydrogen-bond donors (Lipinski definition) is 2. The molecule has 0 fully saturated rings. The van der Waals surface area contributed by atoms with Gasteiger partial charge in [0.05, 0.1) is 0 Å². The van der Waals surface area contributed by atoms with Gasteiger partial charge in [0.15, 0.2) is 4.90 Å². The molecule has 0 radical (unpaired) electrons. The summed E-state index contributed by atoms with van der Waals surface area (Å²) in [5.74, 6) is -3.26. The molecule has 22 heavy (non-hydrogen) atoms. The molecule has 0 saturated carbocycles. The predicted molar refractivity (Wildman–Crippen MR) is 75.3 cm³/mol. The molecule has 0 aliphatic carbocycles. The van der Waals surface area contributed by atoms with Gasteiger partial charge in [-0.15, -0.1) is 4.83 Å². The minimum atomic E-state index is -4.56. The van der Waals surface area contributed by atoms with Gasteiger partial charge in [-0.05, 0) is 31.2 Å². The second-order valence-corrected chi connectivity index (χ2v) is 6.10. The van der Waals surface area contributed by atoms with Crippen molar-refractivity contribution in [3.05, 3.63) is 65.2 Å². The first-order valence-electron chi connectivity index (χ1n) is 6.14. The van der Waals surface area contributed by atoms with Gasteiger partial charge >= 0.3 is 0 Å². The third-order valence-electron chi connectivity index (χ3n) is 2.80. The summed E-state index contributed by atoms with van der Waals surface area (Å²) in [7, 11) is -4.56. The molecule has 0 bridgehead atoms. The van der Waals surface area contributed by atoms with Crippen LogP contribution in [0.2, 0.25) is 0 Å². The van der Waals surface area contributed by atoms with Gasteiger partial charge < -0.3 is 0 Å². The highest BCUT2D eigenvalue weighted by molar-refractivity contribution is 7.89. The molecule has 0 atom stereocenters. The fraction of sp³-hybridized carbons (Fsp3) is 0.0714. The molecule has 0 heterocycles. The van der Waals surface area contributed by atoms with Crippen LogP contribution in [0.4, 0.5) is 8.78 Å². The van der Waals surface area contributed by atoms with Gasteiger partial charge in [-0.25, -0.2) is 17.2 Å². The lowest BCUT2D eigenvalue weighted by molar-refractivity contribution is 0.0945. The van der Waals surface area contributed by atoms with E-state index in [-0.39, 0.29) is 5.56 Å². The minimum absolute atomic E-state index is 0.197. The van der Waals surface area contributed by atoms with Gasteiger partial charge in [-0.3, -0.25) is 10.2 Å². The van der Waals surface area contributed by atoms with E-state index in [2.05, 4.69) is 0 Å². The van der Waals surface area contributed by atoms with Crippen molar-refractivity contribution in [3.8, 4) is 0 Å². The first-order valence-corrected chi connectivity index (χ1v) is 7.62. The molecule has 0 aliphatic rings. The van der Waals surface area contributed by atoms with Crippen LogP contribution in [-0.4, -0.2) is 14.3 Å². The topological polar surface area (TPSA) is 75.3 Å². The third-order valence-corrected chi connectivity index (χ3v) is 4.10. The largest absolute Gasteiger partial charge is 0.273 e. The summed E-state index contributed by atoms with van der Waals surface area (Å²) in [6, 6.07) is 8.96. The Balaban J connectivity index is 2.16. The third kappa shape index (κ3) is 3.46. The van der Waals surface area contributed by atoms with Crippen molar-refractivity contribution in [1.82, 2.24) is 10.3 Å². The fourth-order valence-electron chi connectivity index (χ4n) is 1.68. The number of hydrazine groups is 1. The Hall–Kier alpha value is -2.32. The highest BCUT2D eigenvalue weighted by atomic mass is 32.2. The maximum Gasteiger partial charge on any atom is 0.266 e. The Labute approximate surface area is 126 Å². The Bertz CT molecular complexity index is 785. The van der Waals surface area contributed by atoms with E-state index in [0.29, 0.717) is 0 Å². The zero-order chi connectivity index (χ0) is 16.3. The van der Waals surface area contributed by atoms with Crippen molar-refractivity contribution in [2.45, 2.75) is 11.8 Å². The number of hydrogen-bond acceptors (Lipinski definition) is 3. The molecule has 0 spiro atoms. The molecule has 2 N–H and O–H groups in total. The number of amides is 1. The maximum absolute atomic E-state index is 13.5. The van der Waals surface area contributed by atoms with Gasteiger partial charge in [-0.1, -0.05) is 23.8 Å². The monoisotopic (exact) mass is 326 g/mol. The SMILES string of the molecule is Cc1ccc(C(=O)NNS(=O)(=O)c2c(F)cccc2F)cc1. The number of carbonyl (C=O) groups excluding carboxylic acids is 1. The van der Waals surface area contributed by atoms with E-state index in [1.165, 1.54) is 12.1 Å². The number of aryl methyl sites for hydroxylation is 1. The van der Waals surface area contributed by atoms with Crippen molar-refractivity contribution in [2.24, 2.45) is 0 Å². The molecular formula is C14H12F2N2O3S. The van der Waals surface area contributed by atoms with Crippen LogP contribution in [0.3, 0.4) is 0 Å². The van der Waals surface area contributed by atoms with Crippen LogP contribution in [0.15, 0.2) is 47.4 Å². The highest BCUT2D eigenvalue weighted by Crippen LogP contribution is 2.17. The lowest BCUT2D eigenvalue weighted by atomic mass is 10.1. The van der Waals surface area contributed by atoms with Crippen molar-refractivity contribution in [3.63, 3.8) is 0 Å². The Morgan fingerprint density at radius 2 is 1.55 bits per heavy atom. The zero-order valence-corrected chi connectivity index (χ0v) is 12.2. The van der Waals surface area contributed by atoms with Crippen LogP contribution < -0.4 is 10.3 Å². The molecule has 5 nitrogen and oxygen atoms in total. The number of nitrogens with one attached hydrogen (secondary N) is 2. The minimum Gasteiger partial charge on any atom is -0.273 e. The van der Waals surface area contributed by atoms with Crippen LogP contribution in [0.25, 0.3) is 0 Å². The van der Waals surface area contributed by atoms with Crippen molar-refractivity contribution in [2.75, 3.05) is 0 Å². The van der Waals surface area contributed by atoms with Crippen LogP contribution >= 0.6 is 0 Å². The lowest BCUT2D eigenvalue weighted by Gasteiger charge is -2.10. The second kappa shape index (κ2) is 6.20. The van der Waals surface area contributed by atoms with Crippen LogP contribution in [-0.2, 0) is 10.0 Å². The summed E-state index contributed by atoms with van der Waals surface area (Å²) in [6.07, 6.45) is 0. The van der Waals surface area contributed by atoms with Crippen LogP contribution in [0.1, 0.15) is 15.9 Å². The molecule has 0 unspecified atom stereocenters. The van der Waals surface area contributed by atoms with E-state index in [1.807, 2.05) is 12.3 Å². The second-order valence-electron chi connectivity index (χ2n) is 4.48. The number of rotatable bonds is 4. The van der Waals surface area contributed by atoms with Crippen LogP contribution in [0, 0.1) is 18.6 Å². The van der Waals surface area contributed by atoms with E-state index >= 15 is 0 Å². The first kappa shape index (κ1) is 16.1. The lowest BCUT2D eigenvalue weighted by Crippen LogP contribution is -2.42. The van der Waals surface area contributed by atoms with Crippen molar-refractivity contribution in [1.29, 1.82) is 0 Å². The summed E-state index contributed by atoms with van der Waals surface area (Å²) < 4.78 is 50.6. The Morgan fingerprint density at radius 3 is 2.09 bits per heavy atom. The van der Waals surface area contributed by atoms with Crippen LogP contribution in [0.5, 0.6) is 0 Å². The van der Waals surface area contributed by atoms with Gasteiger partial charge in [0, 0.05) is 5.56 Å². The molecule has 116 valence electrons. The fourth-order valence-corrected chi connectivity index (χ4v) is 2.66. The normalized spacial score (nSPS) is 11.2. The van der Waals surface area contributed by atoms with E-state index in [9.17, 15) is 22.0 Å². The average molecular weight is 326 g/mol. The maximum atomic E-state index is 13.5. The molecule has 0 aliphatic heterocycles. The Kier molecular flexibility index (Phi) is 4.53. The molecule has 0 aromatic heterocycles. The van der Waals surface area contributed by atoms with Gasteiger partial charge in [-0.2, -0.15) is 0 Å². The smallest absolute Gasteiger partial charge is 0.266 e. The van der Waals surface area contributed by atoms with E-state index in [1.54, 1.807) is 17.0 Å². The Morgan fingerprint density at radius 1 is 1.00 bits per heavy atom. The first-order chi connectivity index (χ1) is 10.3. The molecule has 2 aromatic carbocycles. The average Bonchev–Trinajstić information content (AvgIpc) is 2.45. The molecule has 2 aromatic rings. The number of carbonyl (C=O) groups is 1. The summed E-state index contributed by atoms with van der Waals surface area (Å²) in [5.41, 5.74) is 3.02. The summed E-state index contributed by atoms with van der Waals surface area (Å²) in [6.45, 7) is 1.82. The van der Waals surface area contributed by atoms with Gasteiger partial charge in [0.25, 0.3) is 15.9 Å². The summed E-state index contributed by atoms with van der Waals surface area (Å²) >= 11 is 0. The molecule has 2 rings (SSSR count). The molecule has 1 amide bonds. The number of benzene rings is 2. The van der Waals surface area contributed by atoms with Gasteiger partial charge in [0.2, 0.25) is 0 Å². The van der Waals surface area contributed by atoms with E-state index in [4.69, 9.17) is 0 Å². The molecule has 8 heteroatoms. The quantitative estimate of drug-likeness (QED) is 0.843. The summed E-state index contributed by atoms with van der Waals surface area (Å²) in [4.78, 5) is 12.3. The predicted octanol–water partition coefficient (Wildman–Crippen LogP) is 1.90. The highest BCUT2D eigenvalue weighted by Gasteiger charge is 2.24. The van der Waals surface area contributed by atoms with E-state index < -0.39 is 32.5 Å². The number of halogens is 2. The van der Waals surface area contributed by atoms with Gasteiger partial charge in [0.1, 0.15) is 11.6 Å². The summed E-state index contributed by atoms with van der Waals surface area (Å²) in [5, 5.41) is 0. The molecular weight excluding hydrogens is 314 g/mol. The number of sulfonamides is 1.